The van der Waals surface area contributed by atoms with Gasteiger partial charge in [0.2, 0.25) is 0 Å². The smallest absolute Gasteiger partial charge is 0.0450 e. The monoisotopic (exact) mass is 275 g/mol. The van der Waals surface area contributed by atoms with Crippen LogP contribution in [0.15, 0.2) is 24.3 Å². The molecule has 3 nitrogen and oxygen atoms in total. The molecular formula is C17H29N3. The lowest BCUT2D eigenvalue weighted by Gasteiger charge is -2.42. The van der Waals surface area contributed by atoms with Crippen molar-refractivity contribution >= 4 is 0 Å². The molecule has 0 aromatic heterocycles. The average molecular weight is 275 g/mol. The highest BCUT2D eigenvalue weighted by atomic mass is 15.3. The number of piperazine rings is 1. The Hall–Kier alpha value is -0.900. The first-order valence-electron chi connectivity index (χ1n) is 7.81. The third kappa shape index (κ3) is 3.40. The van der Waals surface area contributed by atoms with E-state index in [0.29, 0.717) is 12.1 Å². The van der Waals surface area contributed by atoms with E-state index in [2.05, 4.69) is 61.9 Å². The SMILES string of the molecule is CCc1ccc(C(N)C(C)N2CCN(C)C(C)C2)cc1. The lowest BCUT2D eigenvalue weighted by Crippen LogP contribution is -2.54. The largest absolute Gasteiger partial charge is 0.323 e. The van der Waals surface area contributed by atoms with Crippen LogP contribution in [0.4, 0.5) is 0 Å². The number of likely N-dealkylation sites (N-methyl/N-ethyl adjacent to an activating group) is 1. The third-order valence-electron chi connectivity index (χ3n) is 4.86. The summed E-state index contributed by atoms with van der Waals surface area (Å²) in [7, 11) is 2.20. The van der Waals surface area contributed by atoms with E-state index in [0.717, 1.165) is 26.1 Å². The summed E-state index contributed by atoms with van der Waals surface area (Å²) < 4.78 is 0. The van der Waals surface area contributed by atoms with Crippen molar-refractivity contribution in [3.63, 3.8) is 0 Å². The fourth-order valence-corrected chi connectivity index (χ4v) is 2.93. The number of hydrogen-bond donors (Lipinski definition) is 1. The minimum Gasteiger partial charge on any atom is -0.323 e. The Morgan fingerprint density at radius 3 is 2.45 bits per heavy atom. The van der Waals surface area contributed by atoms with Crippen LogP contribution >= 0.6 is 0 Å². The van der Waals surface area contributed by atoms with Crippen molar-refractivity contribution in [1.82, 2.24) is 9.80 Å². The van der Waals surface area contributed by atoms with E-state index in [-0.39, 0.29) is 6.04 Å². The van der Waals surface area contributed by atoms with Gasteiger partial charge in [0.05, 0.1) is 0 Å². The zero-order valence-electron chi connectivity index (χ0n) is 13.3. The van der Waals surface area contributed by atoms with E-state index in [9.17, 15) is 0 Å². The molecule has 0 spiro atoms. The summed E-state index contributed by atoms with van der Waals surface area (Å²) in [4.78, 5) is 4.95. The average Bonchev–Trinajstić information content (AvgIpc) is 2.48. The molecule has 3 atom stereocenters. The van der Waals surface area contributed by atoms with Gasteiger partial charge in [-0.2, -0.15) is 0 Å². The van der Waals surface area contributed by atoms with Crippen LogP contribution in [-0.2, 0) is 6.42 Å². The third-order valence-corrected chi connectivity index (χ3v) is 4.86. The number of benzene rings is 1. The van der Waals surface area contributed by atoms with Gasteiger partial charge in [0.15, 0.2) is 0 Å². The predicted molar refractivity (Wildman–Crippen MR) is 85.9 cm³/mol. The molecule has 20 heavy (non-hydrogen) atoms. The van der Waals surface area contributed by atoms with E-state index in [4.69, 9.17) is 5.73 Å². The molecule has 2 N–H and O–H groups in total. The van der Waals surface area contributed by atoms with Crippen molar-refractivity contribution < 1.29 is 0 Å². The second kappa shape index (κ2) is 6.70. The van der Waals surface area contributed by atoms with Gasteiger partial charge in [-0.15, -0.1) is 0 Å². The van der Waals surface area contributed by atoms with Crippen molar-refractivity contribution in [2.75, 3.05) is 26.7 Å². The lowest BCUT2D eigenvalue weighted by molar-refractivity contribution is 0.0686. The first-order valence-corrected chi connectivity index (χ1v) is 7.81. The molecule has 3 heteroatoms. The molecule has 0 amide bonds. The van der Waals surface area contributed by atoms with Gasteiger partial charge in [-0.25, -0.2) is 0 Å². The highest BCUT2D eigenvalue weighted by Gasteiger charge is 2.27. The Morgan fingerprint density at radius 1 is 1.25 bits per heavy atom. The van der Waals surface area contributed by atoms with E-state index in [1.54, 1.807) is 0 Å². The number of nitrogens with two attached hydrogens (primary N) is 1. The molecule has 0 radical (unpaired) electrons. The molecular weight excluding hydrogens is 246 g/mol. The van der Waals surface area contributed by atoms with Gasteiger partial charge in [-0.05, 0) is 38.4 Å². The molecule has 1 aromatic rings. The normalized spacial score (nSPS) is 24.6. The summed E-state index contributed by atoms with van der Waals surface area (Å²) in [5.41, 5.74) is 9.11. The molecule has 1 aromatic carbocycles. The number of hydrogen-bond acceptors (Lipinski definition) is 3. The van der Waals surface area contributed by atoms with E-state index >= 15 is 0 Å². The molecule has 2 rings (SSSR count). The molecule has 0 saturated carbocycles. The zero-order chi connectivity index (χ0) is 14.7. The summed E-state index contributed by atoms with van der Waals surface area (Å²) in [6.45, 7) is 10.1. The maximum Gasteiger partial charge on any atom is 0.0450 e. The standard InChI is InChI=1S/C17H29N3/c1-5-15-6-8-16(9-7-15)17(18)14(3)20-11-10-19(4)13(2)12-20/h6-9,13-14,17H,5,10-12,18H2,1-4H3. The van der Waals surface area contributed by atoms with Gasteiger partial charge < -0.3 is 10.6 Å². The molecule has 0 bridgehead atoms. The van der Waals surface area contributed by atoms with Crippen molar-refractivity contribution in [2.24, 2.45) is 5.73 Å². The Labute approximate surface area is 123 Å². The fourth-order valence-electron chi connectivity index (χ4n) is 2.93. The van der Waals surface area contributed by atoms with Crippen LogP contribution in [0.3, 0.4) is 0 Å². The summed E-state index contributed by atoms with van der Waals surface area (Å²) in [6, 6.07) is 9.89. The summed E-state index contributed by atoms with van der Waals surface area (Å²) in [6.07, 6.45) is 1.08. The molecule has 1 heterocycles. The summed E-state index contributed by atoms with van der Waals surface area (Å²) in [5.74, 6) is 0. The van der Waals surface area contributed by atoms with Crippen LogP contribution in [-0.4, -0.2) is 48.6 Å². The first-order chi connectivity index (χ1) is 9.52. The van der Waals surface area contributed by atoms with Crippen molar-refractivity contribution in [2.45, 2.75) is 45.3 Å². The number of nitrogens with zero attached hydrogens (tertiary/aromatic N) is 2. The van der Waals surface area contributed by atoms with Gasteiger partial charge in [0.25, 0.3) is 0 Å². The number of rotatable bonds is 4. The van der Waals surface area contributed by atoms with E-state index in [1.807, 2.05) is 0 Å². The Balaban J connectivity index is 2.02. The highest BCUT2D eigenvalue weighted by Crippen LogP contribution is 2.21. The minimum absolute atomic E-state index is 0.0940. The Bertz CT molecular complexity index is 415. The van der Waals surface area contributed by atoms with Crippen molar-refractivity contribution in [3.05, 3.63) is 35.4 Å². The topological polar surface area (TPSA) is 32.5 Å². The molecule has 1 saturated heterocycles. The molecule has 1 aliphatic rings. The molecule has 112 valence electrons. The van der Waals surface area contributed by atoms with Crippen molar-refractivity contribution in [3.8, 4) is 0 Å². The van der Waals surface area contributed by atoms with Gasteiger partial charge in [-0.1, -0.05) is 31.2 Å². The Morgan fingerprint density at radius 2 is 1.90 bits per heavy atom. The molecule has 1 aliphatic heterocycles. The van der Waals surface area contributed by atoms with Crippen LogP contribution < -0.4 is 5.73 Å². The van der Waals surface area contributed by atoms with Crippen molar-refractivity contribution in [1.29, 1.82) is 0 Å². The lowest BCUT2D eigenvalue weighted by atomic mass is 9.97. The maximum absolute atomic E-state index is 6.49. The first kappa shape index (κ1) is 15.5. The summed E-state index contributed by atoms with van der Waals surface area (Å²) in [5, 5.41) is 0. The Kier molecular flexibility index (Phi) is 5.19. The van der Waals surface area contributed by atoms with Crippen LogP contribution in [0.5, 0.6) is 0 Å². The second-order valence-electron chi connectivity index (χ2n) is 6.19. The van der Waals surface area contributed by atoms with Gasteiger partial charge in [-0.3, -0.25) is 4.90 Å². The van der Waals surface area contributed by atoms with Gasteiger partial charge in [0.1, 0.15) is 0 Å². The zero-order valence-corrected chi connectivity index (χ0v) is 13.3. The quantitative estimate of drug-likeness (QED) is 0.915. The predicted octanol–water partition coefficient (Wildman–Crippen LogP) is 2.27. The van der Waals surface area contributed by atoms with Crippen LogP contribution in [0, 0.1) is 0 Å². The molecule has 3 unspecified atom stereocenters. The highest BCUT2D eigenvalue weighted by molar-refractivity contribution is 5.25. The number of aryl methyl sites for hydroxylation is 1. The van der Waals surface area contributed by atoms with Crippen LogP contribution in [0.2, 0.25) is 0 Å². The summed E-state index contributed by atoms with van der Waals surface area (Å²) >= 11 is 0. The van der Waals surface area contributed by atoms with E-state index < -0.39 is 0 Å². The van der Waals surface area contributed by atoms with Gasteiger partial charge in [0, 0.05) is 37.8 Å². The fraction of sp³-hybridized carbons (Fsp3) is 0.647. The molecule has 0 aliphatic carbocycles. The maximum atomic E-state index is 6.49. The minimum atomic E-state index is 0.0940. The van der Waals surface area contributed by atoms with E-state index in [1.165, 1.54) is 11.1 Å². The van der Waals surface area contributed by atoms with Gasteiger partial charge >= 0.3 is 0 Å². The van der Waals surface area contributed by atoms with Crippen LogP contribution in [0.25, 0.3) is 0 Å². The van der Waals surface area contributed by atoms with Crippen LogP contribution in [0.1, 0.15) is 37.9 Å². The second-order valence-corrected chi connectivity index (χ2v) is 6.19. The molecule has 1 fully saturated rings.